The molecular weight excluding hydrogens is 320 g/mol. The maximum Gasteiger partial charge on any atom is 0.252 e. The molecule has 0 saturated carbocycles. The van der Waals surface area contributed by atoms with Gasteiger partial charge in [0.1, 0.15) is 5.54 Å². The molecule has 0 radical (unpaired) electrons. The van der Waals surface area contributed by atoms with Crippen molar-refractivity contribution in [1.82, 2.24) is 19.7 Å². The van der Waals surface area contributed by atoms with Crippen LogP contribution in [0.5, 0.6) is 0 Å². The molecule has 4 heterocycles. The lowest BCUT2D eigenvalue weighted by Crippen LogP contribution is -2.82. The Morgan fingerprint density at radius 3 is 2.76 bits per heavy atom. The monoisotopic (exact) mass is 344 g/mol. The minimum absolute atomic E-state index is 0.136. The van der Waals surface area contributed by atoms with Gasteiger partial charge >= 0.3 is 0 Å². The van der Waals surface area contributed by atoms with Crippen LogP contribution in [-0.4, -0.2) is 80.0 Å². The number of carbonyl (C=O) groups is 2. The summed E-state index contributed by atoms with van der Waals surface area (Å²) >= 11 is 0. The number of amides is 2. The quantitative estimate of drug-likeness (QED) is 0.769. The summed E-state index contributed by atoms with van der Waals surface area (Å²) in [4.78, 5) is 35.9. The van der Waals surface area contributed by atoms with Gasteiger partial charge in [0.25, 0.3) is 5.91 Å². The van der Waals surface area contributed by atoms with Gasteiger partial charge in [-0.25, -0.2) is 0 Å². The molecule has 3 aliphatic rings. The third-order valence-corrected chi connectivity index (χ3v) is 5.75. The van der Waals surface area contributed by atoms with Crippen LogP contribution in [0.15, 0.2) is 24.5 Å². The summed E-state index contributed by atoms with van der Waals surface area (Å²) in [5.41, 5.74) is 0.161. The molecule has 3 aliphatic heterocycles. The molecule has 25 heavy (non-hydrogen) atoms. The molecule has 1 aromatic heterocycles. The third-order valence-electron chi connectivity index (χ3n) is 5.75. The van der Waals surface area contributed by atoms with Crippen molar-refractivity contribution in [2.75, 3.05) is 19.6 Å². The molecule has 4 rings (SSSR count). The Labute approximate surface area is 147 Å². The first kappa shape index (κ1) is 16.6. The summed E-state index contributed by atoms with van der Waals surface area (Å²) in [6.45, 7) is 6.08. The van der Waals surface area contributed by atoms with Crippen molar-refractivity contribution in [3.8, 4) is 0 Å². The van der Waals surface area contributed by atoms with E-state index in [4.69, 9.17) is 0 Å². The number of aliphatic hydroxyl groups is 1. The smallest absolute Gasteiger partial charge is 0.252 e. The number of hydrogen-bond acceptors (Lipinski definition) is 6. The molecule has 0 bridgehead atoms. The van der Waals surface area contributed by atoms with Gasteiger partial charge in [0.05, 0.1) is 18.7 Å². The van der Waals surface area contributed by atoms with E-state index < -0.39 is 17.7 Å². The summed E-state index contributed by atoms with van der Waals surface area (Å²) in [7, 11) is 0. The van der Waals surface area contributed by atoms with E-state index in [9.17, 15) is 14.7 Å². The molecule has 2 atom stereocenters. The zero-order valence-corrected chi connectivity index (χ0v) is 14.6. The maximum absolute atomic E-state index is 13.3. The number of carbonyl (C=O) groups excluding carboxylic acids is 2. The first-order valence-electron chi connectivity index (χ1n) is 8.86. The van der Waals surface area contributed by atoms with Crippen LogP contribution in [-0.2, 0) is 16.1 Å². The van der Waals surface area contributed by atoms with Crippen molar-refractivity contribution in [1.29, 1.82) is 0 Å². The fourth-order valence-electron chi connectivity index (χ4n) is 4.31. The van der Waals surface area contributed by atoms with E-state index in [0.29, 0.717) is 32.1 Å². The molecule has 1 spiro atoms. The van der Waals surface area contributed by atoms with Crippen molar-refractivity contribution < 1.29 is 14.7 Å². The zero-order valence-electron chi connectivity index (χ0n) is 14.6. The highest BCUT2D eigenvalue weighted by atomic mass is 16.3. The van der Waals surface area contributed by atoms with Crippen molar-refractivity contribution in [3.63, 3.8) is 0 Å². The Hall–Kier alpha value is -1.83. The first-order chi connectivity index (χ1) is 11.9. The third kappa shape index (κ3) is 2.49. The molecular formula is C18H24N4O3. The van der Waals surface area contributed by atoms with E-state index in [1.54, 1.807) is 18.5 Å². The normalized spacial score (nSPS) is 29.4. The van der Waals surface area contributed by atoms with E-state index in [1.165, 1.54) is 4.90 Å². The number of nitrogens with zero attached hydrogens (tertiary/aromatic N) is 4. The molecule has 2 unspecified atom stereocenters. The second-order valence-corrected chi connectivity index (χ2v) is 7.68. The molecule has 1 aromatic rings. The Kier molecular flexibility index (Phi) is 3.90. The Balaban J connectivity index is 1.65. The van der Waals surface area contributed by atoms with Crippen molar-refractivity contribution in [2.45, 2.75) is 50.5 Å². The fourth-order valence-corrected chi connectivity index (χ4v) is 4.31. The number of piperazine rings is 1. The molecule has 1 N–H and O–H groups in total. The highest BCUT2D eigenvalue weighted by molar-refractivity contribution is 6.06. The van der Waals surface area contributed by atoms with Gasteiger partial charge in [0.15, 0.2) is 0 Å². The number of hydrogen-bond donors (Lipinski definition) is 1. The van der Waals surface area contributed by atoms with Crippen LogP contribution in [0.3, 0.4) is 0 Å². The summed E-state index contributed by atoms with van der Waals surface area (Å²) < 4.78 is 0. The number of imide groups is 1. The molecule has 0 aromatic carbocycles. The van der Waals surface area contributed by atoms with E-state index in [0.717, 1.165) is 5.56 Å². The van der Waals surface area contributed by atoms with Crippen LogP contribution >= 0.6 is 0 Å². The zero-order chi connectivity index (χ0) is 17.8. The number of likely N-dealkylation sites (tertiary alicyclic amines) is 1. The Morgan fingerprint density at radius 2 is 2.12 bits per heavy atom. The number of fused-ring (bicyclic) bond motifs is 2. The van der Waals surface area contributed by atoms with Gasteiger partial charge in [0, 0.05) is 38.1 Å². The van der Waals surface area contributed by atoms with E-state index in [1.807, 2.05) is 11.0 Å². The van der Waals surface area contributed by atoms with Crippen LogP contribution in [0, 0.1) is 0 Å². The lowest BCUT2D eigenvalue weighted by atomic mass is 9.81. The van der Waals surface area contributed by atoms with Gasteiger partial charge in [-0.05, 0) is 31.9 Å². The number of aliphatic hydroxyl groups excluding tert-OH is 1. The maximum atomic E-state index is 13.3. The minimum atomic E-state index is -0.678. The van der Waals surface area contributed by atoms with Crippen molar-refractivity contribution in [3.05, 3.63) is 30.1 Å². The van der Waals surface area contributed by atoms with Crippen LogP contribution in [0.1, 0.15) is 25.8 Å². The highest BCUT2D eigenvalue weighted by Crippen LogP contribution is 2.41. The van der Waals surface area contributed by atoms with Gasteiger partial charge in [-0.15, -0.1) is 0 Å². The molecule has 7 heteroatoms. The molecule has 3 fully saturated rings. The van der Waals surface area contributed by atoms with Gasteiger partial charge in [-0.3, -0.25) is 29.3 Å². The van der Waals surface area contributed by atoms with Gasteiger partial charge in [0.2, 0.25) is 5.91 Å². The SMILES string of the molecule is CC(C)N1CC2(C1)C(=O)N(Cc1cccnc1)C(=O)C1CC(O)CN12. The van der Waals surface area contributed by atoms with E-state index in [-0.39, 0.29) is 18.4 Å². The predicted molar refractivity (Wildman–Crippen MR) is 90.4 cm³/mol. The van der Waals surface area contributed by atoms with Crippen LogP contribution < -0.4 is 0 Å². The lowest BCUT2D eigenvalue weighted by molar-refractivity contribution is -0.182. The average Bonchev–Trinajstić information content (AvgIpc) is 2.93. The summed E-state index contributed by atoms with van der Waals surface area (Å²) in [5.74, 6) is -0.331. The number of aromatic nitrogens is 1. The van der Waals surface area contributed by atoms with E-state index in [2.05, 4.69) is 23.7 Å². The number of rotatable bonds is 3. The topological polar surface area (TPSA) is 77.0 Å². The van der Waals surface area contributed by atoms with Gasteiger partial charge in [-0.2, -0.15) is 0 Å². The first-order valence-corrected chi connectivity index (χ1v) is 8.86. The second-order valence-electron chi connectivity index (χ2n) is 7.68. The standard InChI is InChI=1S/C18H24N4O3/c1-12(2)20-10-18(11-20)17(25)21(8-13-4-3-5-19-7-13)16(24)15-6-14(23)9-22(15)18/h3-5,7,12,14-15,23H,6,8-11H2,1-2H3. The number of β-amino-alcohol motifs (C(OH)–C–C–N with tert-alkyl or cyclic N) is 1. The van der Waals surface area contributed by atoms with Gasteiger partial charge in [-0.1, -0.05) is 6.07 Å². The lowest BCUT2D eigenvalue weighted by Gasteiger charge is -2.59. The molecule has 0 aliphatic carbocycles. The molecule has 3 saturated heterocycles. The summed E-state index contributed by atoms with van der Waals surface area (Å²) in [5, 5.41) is 10.1. The predicted octanol–water partition coefficient (Wildman–Crippen LogP) is -0.152. The fraction of sp³-hybridized carbons (Fsp3) is 0.611. The minimum Gasteiger partial charge on any atom is -0.392 e. The highest BCUT2D eigenvalue weighted by Gasteiger charge is 2.64. The van der Waals surface area contributed by atoms with Crippen molar-refractivity contribution >= 4 is 11.8 Å². The summed E-state index contributed by atoms with van der Waals surface area (Å²) in [6.07, 6.45) is 3.21. The molecule has 2 amide bonds. The van der Waals surface area contributed by atoms with Crippen LogP contribution in [0.25, 0.3) is 0 Å². The van der Waals surface area contributed by atoms with Gasteiger partial charge < -0.3 is 5.11 Å². The van der Waals surface area contributed by atoms with E-state index >= 15 is 0 Å². The average molecular weight is 344 g/mol. The van der Waals surface area contributed by atoms with Crippen LogP contribution in [0.4, 0.5) is 0 Å². The largest absolute Gasteiger partial charge is 0.392 e. The Morgan fingerprint density at radius 1 is 1.36 bits per heavy atom. The second kappa shape index (κ2) is 5.86. The van der Waals surface area contributed by atoms with Crippen LogP contribution in [0.2, 0.25) is 0 Å². The molecule has 7 nitrogen and oxygen atoms in total. The summed E-state index contributed by atoms with van der Waals surface area (Å²) in [6, 6.07) is 3.63. The number of pyridine rings is 1. The van der Waals surface area contributed by atoms with Crippen molar-refractivity contribution in [2.24, 2.45) is 0 Å². The Bertz CT molecular complexity index is 687. The molecule has 134 valence electrons.